The maximum Gasteiger partial charge on any atom is 0.231 e. The lowest BCUT2D eigenvalue weighted by molar-refractivity contribution is 0.173. The van der Waals surface area contributed by atoms with Crippen LogP contribution in [0.15, 0.2) is 18.2 Å². The van der Waals surface area contributed by atoms with Crippen LogP contribution in [-0.4, -0.2) is 21.7 Å². The minimum absolute atomic E-state index is 0.0665. The molecule has 1 aliphatic heterocycles. The summed E-state index contributed by atoms with van der Waals surface area (Å²) in [5.41, 5.74) is 10.9. The van der Waals surface area contributed by atoms with Gasteiger partial charge in [-0.3, -0.25) is 0 Å². The Hall–Kier alpha value is -2.77. The van der Waals surface area contributed by atoms with E-state index in [1.54, 1.807) is 18.2 Å². The third kappa shape index (κ3) is 2.41. The summed E-state index contributed by atoms with van der Waals surface area (Å²) < 4.78 is 16.0. The quantitative estimate of drug-likeness (QED) is 0.812. The monoisotopic (exact) mass is 261 g/mol. The predicted octanol–water partition coefficient (Wildman–Crippen LogP) is 0.344. The van der Waals surface area contributed by atoms with Crippen LogP contribution in [0.1, 0.15) is 5.82 Å². The van der Waals surface area contributed by atoms with E-state index in [1.165, 1.54) is 0 Å². The second kappa shape index (κ2) is 4.48. The molecule has 98 valence electrons. The summed E-state index contributed by atoms with van der Waals surface area (Å²) in [6.07, 6.45) is 0. The number of hydrogen-bond acceptors (Lipinski definition) is 8. The Morgan fingerprint density at radius 1 is 1.05 bits per heavy atom. The first-order valence-electron chi connectivity index (χ1n) is 5.49. The van der Waals surface area contributed by atoms with Crippen molar-refractivity contribution >= 4 is 11.9 Å². The van der Waals surface area contributed by atoms with E-state index in [0.29, 0.717) is 23.1 Å². The van der Waals surface area contributed by atoms with E-state index in [1.807, 2.05) is 0 Å². The Labute approximate surface area is 108 Å². The molecule has 0 amide bonds. The van der Waals surface area contributed by atoms with Gasteiger partial charge in [0.05, 0.1) is 0 Å². The third-order valence-corrected chi connectivity index (χ3v) is 2.43. The van der Waals surface area contributed by atoms with Crippen LogP contribution in [-0.2, 0) is 6.61 Å². The topological polar surface area (TPSA) is 118 Å². The number of fused-ring (bicyclic) bond motifs is 1. The number of anilines is 2. The number of nitrogen functional groups attached to an aromatic ring is 2. The fraction of sp³-hybridized carbons (Fsp3) is 0.182. The van der Waals surface area contributed by atoms with E-state index in [-0.39, 0.29) is 25.3 Å². The number of ether oxygens (including phenoxy) is 3. The zero-order chi connectivity index (χ0) is 13.2. The van der Waals surface area contributed by atoms with E-state index in [9.17, 15) is 0 Å². The van der Waals surface area contributed by atoms with Gasteiger partial charge in [0.2, 0.25) is 18.7 Å². The van der Waals surface area contributed by atoms with Crippen LogP contribution in [0.25, 0.3) is 0 Å². The fourth-order valence-corrected chi connectivity index (χ4v) is 1.64. The summed E-state index contributed by atoms with van der Waals surface area (Å²) in [6, 6.07) is 5.27. The number of aromatic nitrogens is 3. The molecule has 8 heteroatoms. The van der Waals surface area contributed by atoms with Crippen molar-refractivity contribution in [1.82, 2.24) is 15.0 Å². The molecule has 0 spiro atoms. The number of nitrogens with two attached hydrogens (primary N) is 2. The van der Waals surface area contributed by atoms with Gasteiger partial charge in [0, 0.05) is 6.07 Å². The third-order valence-electron chi connectivity index (χ3n) is 2.43. The van der Waals surface area contributed by atoms with Crippen molar-refractivity contribution in [2.45, 2.75) is 6.61 Å². The Morgan fingerprint density at radius 3 is 2.58 bits per heavy atom. The van der Waals surface area contributed by atoms with E-state index in [4.69, 9.17) is 25.7 Å². The lowest BCUT2D eigenvalue weighted by atomic mass is 10.3. The molecule has 0 radical (unpaired) electrons. The molecule has 0 unspecified atom stereocenters. The number of benzene rings is 1. The average Bonchev–Trinajstić information content (AvgIpc) is 2.82. The first-order valence-corrected chi connectivity index (χ1v) is 5.49. The van der Waals surface area contributed by atoms with Gasteiger partial charge < -0.3 is 25.7 Å². The summed E-state index contributed by atoms with van der Waals surface area (Å²) >= 11 is 0. The van der Waals surface area contributed by atoms with Crippen LogP contribution in [0.5, 0.6) is 17.2 Å². The summed E-state index contributed by atoms with van der Waals surface area (Å²) in [6.45, 7) is 0.357. The maximum absolute atomic E-state index is 5.53. The first-order chi connectivity index (χ1) is 9.20. The molecule has 0 aliphatic carbocycles. The van der Waals surface area contributed by atoms with E-state index in [2.05, 4.69) is 15.0 Å². The molecular weight excluding hydrogens is 250 g/mol. The van der Waals surface area contributed by atoms with Crippen molar-refractivity contribution in [3.63, 3.8) is 0 Å². The molecule has 19 heavy (non-hydrogen) atoms. The Morgan fingerprint density at radius 2 is 1.79 bits per heavy atom. The summed E-state index contributed by atoms with van der Waals surface area (Å²) in [4.78, 5) is 11.5. The second-order valence-electron chi connectivity index (χ2n) is 3.77. The molecule has 1 aliphatic rings. The first kappa shape index (κ1) is 11.3. The Kier molecular flexibility index (Phi) is 2.67. The summed E-state index contributed by atoms with van der Waals surface area (Å²) in [7, 11) is 0. The number of nitrogens with zero attached hydrogens (tertiary/aromatic N) is 3. The zero-order valence-electron chi connectivity index (χ0n) is 9.87. The van der Waals surface area contributed by atoms with Gasteiger partial charge in [-0.25, -0.2) is 0 Å². The normalized spacial score (nSPS) is 12.4. The highest BCUT2D eigenvalue weighted by molar-refractivity contribution is 5.46. The standard InChI is InChI=1S/C11H11N5O3/c12-10-14-9(15-11(13)16-10)4-17-6-1-2-7-8(3-6)19-5-18-7/h1-3H,4-5H2,(H4,12,13,14,15,16). The van der Waals surface area contributed by atoms with Crippen LogP contribution >= 0.6 is 0 Å². The number of hydrogen-bond donors (Lipinski definition) is 2. The largest absolute Gasteiger partial charge is 0.485 e. The van der Waals surface area contributed by atoms with Gasteiger partial charge in [-0.15, -0.1) is 0 Å². The highest BCUT2D eigenvalue weighted by atomic mass is 16.7. The summed E-state index contributed by atoms with van der Waals surface area (Å²) in [5, 5.41) is 0. The molecule has 1 aromatic carbocycles. The minimum atomic E-state index is 0.0665. The maximum atomic E-state index is 5.53. The SMILES string of the molecule is Nc1nc(N)nc(COc2ccc3c(c2)OCO3)n1. The molecule has 0 fully saturated rings. The van der Waals surface area contributed by atoms with Crippen LogP contribution in [0.2, 0.25) is 0 Å². The molecule has 2 heterocycles. The lowest BCUT2D eigenvalue weighted by Crippen LogP contribution is -2.09. The van der Waals surface area contributed by atoms with Gasteiger partial charge in [-0.05, 0) is 12.1 Å². The molecular formula is C11H11N5O3. The molecule has 0 bridgehead atoms. The van der Waals surface area contributed by atoms with Gasteiger partial charge in [-0.1, -0.05) is 0 Å². The van der Waals surface area contributed by atoms with E-state index < -0.39 is 0 Å². The van der Waals surface area contributed by atoms with Crippen molar-refractivity contribution < 1.29 is 14.2 Å². The molecule has 1 aromatic heterocycles. The molecule has 0 atom stereocenters. The molecule has 2 aromatic rings. The van der Waals surface area contributed by atoms with Gasteiger partial charge in [0.25, 0.3) is 0 Å². The smallest absolute Gasteiger partial charge is 0.231 e. The van der Waals surface area contributed by atoms with Crippen molar-refractivity contribution in [2.24, 2.45) is 0 Å². The van der Waals surface area contributed by atoms with Crippen LogP contribution < -0.4 is 25.7 Å². The molecule has 0 saturated heterocycles. The van der Waals surface area contributed by atoms with Crippen molar-refractivity contribution in [3.8, 4) is 17.2 Å². The minimum Gasteiger partial charge on any atom is -0.485 e. The number of rotatable bonds is 3. The molecule has 3 rings (SSSR count). The average molecular weight is 261 g/mol. The highest BCUT2D eigenvalue weighted by Gasteiger charge is 2.14. The fourth-order valence-electron chi connectivity index (χ4n) is 1.64. The highest BCUT2D eigenvalue weighted by Crippen LogP contribution is 2.35. The predicted molar refractivity (Wildman–Crippen MR) is 65.5 cm³/mol. The Bertz CT molecular complexity index is 599. The molecule has 8 nitrogen and oxygen atoms in total. The van der Waals surface area contributed by atoms with E-state index in [0.717, 1.165) is 0 Å². The van der Waals surface area contributed by atoms with Crippen molar-refractivity contribution in [2.75, 3.05) is 18.3 Å². The van der Waals surface area contributed by atoms with Crippen molar-refractivity contribution in [3.05, 3.63) is 24.0 Å². The van der Waals surface area contributed by atoms with Gasteiger partial charge in [0.15, 0.2) is 17.3 Å². The summed E-state index contributed by atoms with van der Waals surface area (Å²) in [5.74, 6) is 2.45. The Balaban J connectivity index is 1.72. The van der Waals surface area contributed by atoms with Gasteiger partial charge in [-0.2, -0.15) is 15.0 Å². The second-order valence-corrected chi connectivity index (χ2v) is 3.77. The zero-order valence-corrected chi connectivity index (χ0v) is 9.87. The van der Waals surface area contributed by atoms with Crippen molar-refractivity contribution in [1.29, 1.82) is 0 Å². The van der Waals surface area contributed by atoms with Gasteiger partial charge >= 0.3 is 0 Å². The lowest BCUT2D eigenvalue weighted by Gasteiger charge is -2.06. The molecule has 4 N–H and O–H groups in total. The molecule has 0 saturated carbocycles. The van der Waals surface area contributed by atoms with E-state index >= 15 is 0 Å². The van der Waals surface area contributed by atoms with Crippen LogP contribution in [0.4, 0.5) is 11.9 Å². The van der Waals surface area contributed by atoms with Crippen LogP contribution in [0.3, 0.4) is 0 Å². The van der Waals surface area contributed by atoms with Gasteiger partial charge in [0.1, 0.15) is 12.4 Å². The van der Waals surface area contributed by atoms with Crippen LogP contribution in [0, 0.1) is 0 Å².